The fourth-order valence-electron chi connectivity index (χ4n) is 2.66. The summed E-state index contributed by atoms with van der Waals surface area (Å²) in [5, 5.41) is 11.7. The third-order valence-electron chi connectivity index (χ3n) is 3.68. The third-order valence-corrected chi connectivity index (χ3v) is 3.68. The highest BCUT2D eigenvalue weighted by atomic mass is 15.3. The Bertz CT molecular complexity index is 532. The highest BCUT2D eigenvalue weighted by Crippen LogP contribution is 2.30. The zero-order chi connectivity index (χ0) is 12.4. The maximum Gasteiger partial charge on any atom is 0.146 e. The zero-order valence-corrected chi connectivity index (χ0v) is 10.6. The average molecular weight is 242 g/mol. The van der Waals surface area contributed by atoms with E-state index in [1.165, 1.54) is 24.0 Å². The van der Waals surface area contributed by atoms with Crippen molar-refractivity contribution in [3.63, 3.8) is 0 Å². The summed E-state index contributed by atoms with van der Waals surface area (Å²) in [5.41, 5.74) is 2.92. The summed E-state index contributed by atoms with van der Waals surface area (Å²) in [5.74, 6) is 1.02. The summed E-state index contributed by atoms with van der Waals surface area (Å²) in [4.78, 5) is 0. The van der Waals surface area contributed by atoms with Gasteiger partial charge in [-0.25, -0.2) is 0 Å². The van der Waals surface area contributed by atoms with Crippen molar-refractivity contribution in [3.8, 4) is 0 Å². The van der Waals surface area contributed by atoms with Crippen LogP contribution in [0.15, 0.2) is 30.6 Å². The van der Waals surface area contributed by atoms with Crippen LogP contribution in [0.4, 0.5) is 0 Å². The molecule has 94 valence electrons. The highest BCUT2D eigenvalue weighted by Gasteiger charge is 2.21. The average Bonchev–Trinajstić information content (AvgIpc) is 3.02. The van der Waals surface area contributed by atoms with Crippen molar-refractivity contribution in [2.75, 3.05) is 0 Å². The van der Waals surface area contributed by atoms with Crippen molar-refractivity contribution < 1.29 is 0 Å². The molecule has 1 aromatic carbocycles. The Morgan fingerprint density at radius 2 is 2.28 bits per heavy atom. The molecule has 0 spiro atoms. The molecule has 0 fully saturated rings. The van der Waals surface area contributed by atoms with E-state index in [1.807, 2.05) is 0 Å². The van der Waals surface area contributed by atoms with E-state index in [2.05, 4.69) is 51.3 Å². The van der Waals surface area contributed by atoms with Crippen molar-refractivity contribution in [3.05, 3.63) is 47.5 Å². The molecule has 0 saturated carbocycles. The fraction of sp³-hybridized carbons (Fsp3) is 0.429. The molecule has 18 heavy (non-hydrogen) atoms. The topological polar surface area (TPSA) is 42.7 Å². The SMILES string of the molecule is CCn1cnnc1CNC1CCc2ccccc21. The van der Waals surface area contributed by atoms with E-state index in [0.717, 1.165) is 18.9 Å². The highest BCUT2D eigenvalue weighted by molar-refractivity contribution is 5.34. The quantitative estimate of drug-likeness (QED) is 0.892. The van der Waals surface area contributed by atoms with Crippen molar-refractivity contribution in [2.45, 2.75) is 38.9 Å². The molecule has 4 heteroatoms. The fourth-order valence-corrected chi connectivity index (χ4v) is 2.66. The Morgan fingerprint density at radius 1 is 1.39 bits per heavy atom. The maximum atomic E-state index is 4.15. The van der Waals surface area contributed by atoms with Crippen LogP contribution < -0.4 is 5.32 Å². The van der Waals surface area contributed by atoms with Crippen molar-refractivity contribution >= 4 is 0 Å². The molecule has 0 saturated heterocycles. The monoisotopic (exact) mass is 242 g/mol. The summed E-state index contributed by atoms with van der Waals surface area (Å²) in [6.07, 6.45) is 4.15. The minimum Gasteiger partial charge on any atom is -0.317 e. The molecule has 1 aromatic heterocycles. The maximum absolute atomic E-state index is 4.15. The van der Waals surface area contributed by atoms with E-state index in [1.54, 1.807) is 6.33 Å². The van der Waals surface area contributed by atoms with Crippen molar-refractivity contribution in [1.82, 2.24) is 20.1 Å². The molecule has 0 bridgehead atoms. The van der Waals surface area contributed by atoms with Gasteiger partial charge in [0.05, 0.1) is 6.54 Å². The number of hydrogen-bond acceptors (Lipinski definition) is 3. The molecule has 1 aliphatic carbocycles. The standard InChI is InChI=1S/C14H18N4/c1-2-18-10-16-17-14(18)9-15-13-8-7-11-5-3-4-6-12(11)13/h3-6,10,13,15H,2,7-9H2,1H3. The number of nitrogens with one attached hydrogen (secondary N) is 1. The molecule has 0 radical (unpaired) electrons. The Kier molecular flexibility index (Phi) is 3.11. The van der Waals surface area contributed by atoms with Gasteiger partial charge in [-0.15, -0.1) is 10.2 Å². The van der Waals surface area contributed by atoms with Gasteiger partial charge in [0.15, 0.2) is 0 Å². The van der Waals surface area contributed by atoms with E-state index in [-0.39, 0.29) is 0 Å². The Labute approximate surface area is 107 Å². The number of nitrogens with zero attached hydrogens (tertiary/aromatic N) is 3. The predicted octanol–water partition coefficient (Wildman–Crippen LogP) is 2.08. The first-order valence-corrected chi connectivity index (χ1v) is 6.56. The normalized spacial score (nSPS) is 17.9. The second-order valence-electron chi connectivity index (χ2n) is 4.70. The summed E-state index contributed by atoms with van der Waals surface area (Å²) in [6, 6.07) is 9.15. The van der Waals surface area contributed by atoms with E-state index >= 15 is 0 Å². The van der Waals surface area contributed by atoms with Gasteiger partial charge in [-0.1, -0.05) is 24.3 Å². The molecule has 1 atom stereocenters. The summed E-state index contributed by atoms with van der Waals surface area (Å²) >= 11 is 0. The number of benzene rings is 1. The lowest BCUT2D eigenvalue weighted by molar-refractivity contribution is 0.506. The minimum absolute atomic E-state index is 0.461. The third kappa shape index (κ3) is 2.04. The Morgan fingerprint density at radius 3 is 3.17 bits per heavy atom. The molecule has 1 unspecified atom stereocenters. The van der Waals surface area contributed by atoms with Gasteiger partial charge in [0.1, 0.15) is 12.2 Å². The molecule has 2 aromatic rings. The lowest BCUT2D eigenvalue weighted by Gasteiger charge is -2.13. The van der Waals surface area contributed by atoms with Gasteiger partial charge >= 0.3 is 0 Å². The second-order valence-corrected chi connectivity index (χ2v) is 4.70. The van der Waals surface area contributed by atoms with Crippen LogP contribution in [0.2, 0.25) is 0 Å². The molecule has 0 aliphatic heterocycles. The van der Waals surface area contributed by atoms with Gasteiger partial charge in [0.2, 0.25) is 0 Å². The lowest BCUT2D eigenvalue weighted by Crippen LogP contribution is -2.21. The van der Waals surface area contributed by atoms with Crippen molar-refractivity contribution in [2.24, 2.45) is 0 Å². The van der Waals surface area contributed by atoms with E-state index in [9.17, 15) is 0 Å². The summed E-state index contributed by atoms with van der Waals surface area (Å²) in [6.45, 7) is 3.82. The molecule has 0 amide bonds. The molecule has 3 rings (SSSR count). The first-order chi connectivity index (χ1) is 8.88. The summed E-state index contributed by atoms with van der Waals surface area (Å²) < 4.78 is 2.08. The molecular formula is C14H18N4. The number of aromatic nitrogens is 3. The molecule has 1 aliphatic rings. The Hall–Kier alpha value is -1.68. The van der Waals surface area contributed by atoms with Gasteiger partial charge < -0.3 is 9.88 Å². The lowest BCUT2D eigenvalue weighted by atomic mass is 10.1. The minimum atomic E-state index is 0.461. The zero-order valence-electron chi connectivity index (χ0n) is 10.6. The van der Waals surface area contributed by atoms with Crippen LogP contribution in [0.3, 0.4) is 0 Å². The van der Waals surface area contributed by atoms with Gasteiger partial charge in [0.25, 0.3) is 0 Å². The Balaban J connectivity index is 1.69. The molecular weight excluding hydrogens is 224 g/mol. The molecule has 1 N–H and O–H groups in total. The van der Waals surface area contributed by atoms with E-state index in [0.29, 0.717) is 6.04 Å². The second kappa shape index (κ2) is 4.90. The predicted molar refractivity (Wildman–Crippen MR) is 70.0 cm³/mol. The number of fused-ring (bicyclic) bond motifs is 1. The van der Waals surface area contributed by atoms with Gasteiger partial charge in [-0.3, -0.25) is 0 Å². The largest absolute Gasteiger partial charge is 0.317 e. The van der Waals surface area contributed by atoms with Gasteiger partial charge in [-0.05, 0) is 30.9 Å². The van der Waals surface area contributed by atoms with Crippen LogP contribution in [0.5, 0.6) is 0 Å². The van der Waals surface area contributed by atoms with Crippen LogP contribution in [0.1, 0.15) is 36.3 Å². The number of aryl methyl sites for hydroxylation is 2. The first kappa shape index (κ1) is 11.4. The van der Waals surface area contributed by atoms with Gasteiger partial charge in [0, 0.05) is 12.6 Å². The number of rotatable bonds is 4. The molecule has 4 nitrogen and oxygen atoms in total. The van der Waals surface area contributed by atoms with Crippen molar-refractivity contribution in [1.29, 1.82) is 0 Å². The smallest absolute Gasteiger partial charge is 0.146 e. The molecule has 1 heterocycles. The number of hydrogen-bond donors (Lipinski definition) is 1. The van der Waals surface area contributed by atoms with Crippen LogP contribution in [0.25, 0.3) is 0 Å². The van der Waals surface area contributed by atoms with E-state index in [4.69, 9.17) is 0 Å². The van der Waals surface area contributed by atoms with E-state index < -0.39 is 0 Å². The summed E-state index contributed by atoms with van der Waals surface area (Å²) in [7, 11) is 0. The van der Waals surface area contributed by atoms with Crippen LogP contribution in [0, 0.1) is 0 Å². The van der Waals surface area contributed by atoms with Crippen LogP contribution in [-0.4, -0.2) is 14.8 Å². The van der Waals surface area contributed by atoms with Crippen LogP contribution in [-0.2, 0) is 19.5 Å². The van der Waals surface area contributed by atoms with Gasteiger partial charge in [-0.2, -0.15) is 0 Å². The van der Waals surface area contributed by atoms with Crippen LogP contribution >= 0.6 is 0 Å². The first-order valence-electron chi connectivity index (χ1n) is 6.56.